The standard InChI is InChI=1S/C16H25N3O/c1-6-16(4,5)14-7-15(17-8-11(14)2)18-13-9-19(10-13)12(3)20/h7-8,13H,6,9-10H2,1-5H3,(H,17,18). The molecule has 1 saturated heterocycles. The minimum Gasteiger partial charge on any atom is -0.364 e. The lowest BCUT2D eigenvalue weighted by Gasteiger charge is -2.39. The van der Waals surface area contributed by atoms with Crippen molar-refractivity contribution < 1.29 is 4.79 Å². The third-order valence-corrected chi connectivity index (χ3v) is 4.40. The van der Waals surface area contributed by atoms with Crippen LogP contribution < -0.4 is 5.32 Å². The number of rotatable bonds is 4. The summed E-state index contributed by atoms with van der Waals surface area (Å²) >= 11 is 0. The number of carbonyl (C=O) groups excluding carboxylic acids is 1. The smallest absolute Gasteiger partial charge is 0.219 e. The highest BCUT2D eigenvalue weighted by Crippen LogP contribution is 2.30. The summed E-state index contributed by atoms with van der Waals surface area (Å²) in [4.78, 5) is 17.5. The monoisotopic (exact) mass is 275 g/mol. The Kier molecular flexibility index (Phi) is 4.02. The van der Waals surface area contributed by atoms with Gasteiger partial charge in [0.25, 0.3) is 0 Å². The molecule has 1 aliphatic rings. The minimum absolute atomic E-state index is 0.146. The number of carbonyl (C=O) groups is 1. The van der Waals surface area contributed by atoms with Crippen LogP contribution in [0.5, 0.6) is 0 Å². The van der Waals surface area contributed by atoms with E-state index < -0.39 is 0 Å². The molecule has 0 saturated carbocycles. The summed E-state index contributed by atoms with van der Waals surface area (Å²) in [6.07, 6.45) is 3.04. The fourth-order valence-electron chi connectivity index (χ4n) is 2.56. The first-order valence-corrected chi connectivity index (χ1v) is 7.32. The number of anilines is 1. The molecule has 0 radical (unpaired) electrons. The maximum atomic E-state index is 11.2. The molecule has 0 unspecified atom stereocenters. The topological polar surface area (TPSA) is 45.2 Å². The number of hydrogen-bond donors (Lipinski definition) is 1. The molecule has 0 aromatic carbocycles. The molecule has 0 atom stereocenters. The summed E-state index contributed by atoms with van der Waals surface area (Å²) in [5, 5.41) is 3.42. The average molecular weight is 275 g/mol. The van der Waals surface area contributed by atoms with Crippen molar-refractivity contribution in [1.29, 1.82) is 0 Å². The number of nitrogens with one attached hydrogen (secondary N) is 1. The van der Waals surface area contributed by atoms with Crippen LogP contribution in [0, 0.1) is 6.92 Å². The van der Waals surface area contributed by atoms with E-state index in [4.69, 9.17) is 0 Å². The number of aryl methyl sites for hydroxylation is 1. The lowest BCUT2D eigenvalue weighted by Crippen LogP contribution is -2.56. The lowest BCUT2D eigenvalue weighted by atomic mass is 9.80. The Labute approximate surface area is 121 Å². The van der Waals surface area contributed by atoms with Gasteiger partial charge in [0.05, 0.1) is 6.04 Å². The van der Waals surface area contributed by atoms with Gasteiger partial charge in [-0.15, -0.1) is 0 Å². The predicted molar refractivity (Wildman–Crippen MR) is 82.0 cm³/mol. The van der Waals surface area contributed by atoms with Crippen LogP contribution in [0.4, 0.5) is 5.82 Å². The zero-order valence-corrected chi connectivity index (χ0v) is 13.2. The molecule has 4 nitrogen and oxygen atoms in total. The van der Waals surface area contributed by atoms with Gasteiger partial charge in [-0.1, -0.05) is 20.8 Å². The van der Waals surface area contributed by atoms with Gasteiger partial charge in [-0.25, -0.2) is 4.98 Å². The molecule has 110 valence electrons. The molecular formula is C16H25N3O. The quantitative estimate of drug-likeness (QED) is 0.919. The molecule has 1 aromatic heterocycles. The number of likely N-dealkylation sites (tertiary alicyclic amines) is 1. The van der Waals surface area contributed by atoms with Crippen molar-refractivity contribution in [3.63, 3.8) is 0 Å². The fraction of sp³-hybridized carbons (Fsp3) is 0.625. The van der Waals surface area contributed by atoms with Crippen LogP contribution in [0.25, 0.3) is 0 Å². The molecule has 1 N–H and O–H groups in total. The second-order valence-electron chi connectivity index (χ2n) is 6.39. The summed E-state index contributed by atoms with van der Waals surface area (Å²) < 4.78 is 0. The molecule has 0 aliphatic carbocycles. The molecular weight excluding hydrogens is 250 g/mol. The van der Waals surface area contributed by atoms with Crippen LogP contribution in [-0.2, 0) is 10.2 Å². The highest BCUT2D eigenvalue weighted by molar-refractivity contribution is 5.74. The largest absolute Gasteiger partial charge is 0.364 e. The molecule has 1 fully saturated rings. The number of aromatic nitrogens is 1. The Bertz CT molecular complexity index is 504. The second-order valence-corrected chi connectivity index (χ2v) is 6.39. The van der Waals surface area contributed by atoms with Gasteiger partial charge in [-0.05, 0) is 36.0 Å². The van der Waals surface area contributed by atoms with Crippen LogP contribution in [0.3, 0.4) is 0 Å². The summed E-state index contributed by atoms with van der Waals surface area (Å²) in [5.41, 5.74) is 2.75. The third kappa shape index (κ3) is 2.94. The summed E-state index contributed by atoms with van der Waals surface area (Å²) in [5.74, 6) is 1.06. The Balaban J connectivity index is 2.07. The second kappa shape index (κ2) is 5.43. The van der Waals surface area contributed by atoms with E-state index in [1.165, 1.54) is 11.1 Å². The Morgan fingerprint density at radius 1 is 1.50 bits per heavy atom. The molecule has 0 spiro atoms. The van der Waals surface area contributed by atoms with E-state index >= 15 is 0 Å². The molecule has 20 heavy (non-hydrogen) atoms. The Hall–Kier alpha value is -1.58. The first kappa shape index (κ1) is 14.8. The number of nitrogens with zero attached hydrogens (tertiary/aromatic N) is 2. The number of hydrogen-bond acceptors (Lipinski definition) is 3. The van der Waals surface area contributed by atoms with Crippen LogP contribution in [0.15, 0.2) is 12.3 Å². The Morgan fingerprint density at radius 3 is 2.70 bits per heavy atom. The highest BCUT2D eigenvalue weighted by Gasteiger charge is 2.29. The van der Waals surface area contributed by atoms with Crippen molar-refractivity contribution >= 4 is 11.7 Å². The van der Waals surface area contributed by atoms with Crippen LogP contribution in [0.2, 0.25) is 0 Å². The van der Waals surface area contributed by atoms with Crippen molar-refractivity contribution in [3.8, 4) is 0 Å². The van der Waals surface area contributed by atoms with Gasteiger partial charge in [0, 0.05) is 26.2 Å². The van der Waals surface area contributed by atoms with E-state index in [9.17, 15) is 4.79 Å². The van der Waals surface area contributed by atoms with Crippen LogP contribution in [-0.4, -0.2) is 34.9 Å². The van der Waals surface area contributed by atoms with Crippen LogP contribution >= 0.6 is 0 Å². The lowest BCUT2D eigenvalue weighted by molar-refractivity contribution is -0.132. The maximum absolute atomic E-state index is 11.2. The van der Waals surface area contributed by atoms with Gasteiger partial charge in [-0.3, -0.25) is 4.79 Å². The fourth-order valence-corrected chi connectivity index (χ4v) is 2.56. The molecule has 1 aliphatic heterocycles. The Morgan fingerprint density at radius 2 is 2.15 bits per heavy atom. The highest BCUT2D eigenvalue weighted by atomic mass is 16.2. The van der Waals surface area contributed by atoms with E-state index in [0.29, 0.717) is 6.04 Å². The van der Waals surface area contributed by atoms with E-state index in [0.717, 1.165) is 25.3 Å². The van der Waals surface area contributed by atoms with Gasteiger partial charge in [-0.2, -0.15) is 0 Å². The average Bonchev–Trinajstić information content (AvgIpc) is 2.34. The molecule has 2 heterocycles. The van der Waals surface area contributed by atoms with E-state index in [1.54, 1.807) is 6.92 Å². The van der Waals surface area contributed by atoms with Gasteiger partial charge in [0.2, 0.25) is 5.91 Å². The van der Waals surface area contributed by atoms with E-state index in [2.05, 4.69) is 44.1 Å². The molecule has 0 bridgehead atoms. The third-order valence-electron chi connectivity index (χ3n) is 4.40. The molecule has 4 heteroatoms. The number of amides is 1. The first-order chi connectivity index (χ1) is 9.33. The SMILES string of the molecule is CCC(C)(C)c1cc(NC2CN(C(C)=O)C2)ncc1C. The van der Waals surface area contributed by atoms with Gasteiger partial charge in [0.15, 0.2) is 0 Å². The summed E-state index contributed by atoms with van der Waals surface area (Å²) in [6.45, 7) is 12.0. The molecule has 1 amide bonds. The van der Waals surface area contributed by atoms with Crippen molar-refractivity contribution in [1.82, 2.24) is 9.88 Å². The van der Waals surface area contributed by atoms with Gasteiger partial charge >= 0.3 is 0 Å². The van der Waals surface area contributed by atoms with Crippen molar-refractivity contribution in [3.05, 3.63) is 23.4 Å². The summed E-state index contributed by atoms with van der Waals surface area (Å²) in [6, 6.07) is 2.49. The van der Waals surface area contributed by atoms with Gasteiger partial charge in [0.1, 0.15) is 5.82 Å². The zero-order chi connectivity index (χ0) is 14.9. The zero-order valence-electron chi connectivity index (χ0n) is 13.2. The molecule has 2 rings (SSSR count). The summed E-state index contributed by atoms with van der Waals surface area (Å²) in [7, 11) is 0. The van der Waals surface area contributed by atoms with E-state index in [1.807, 2.05) is 11.1 Å². The minimum atomic E-state index is 0.146. The molecule has 1 aromatic rings. The van der Waals surface area contributed by atoms with Crippen LogP contribution in [0.1, 0.15) is 45.2 Å². The van der Waals surface area contributed by atoms with Gasteiger partial charge < -0.3 is 10.2 Å². The first-order valence-electron chi connectivity index (χ1n) is 7.32. The predicted octanol–water partition coefficient (Wildman–Crippen LogP) is 2.72. The van der Waals surface area contributed by atoms with E-state index in [-0.39, 0.29) is 11.3 Å². The van der Waals surface area contributed by atoms with Crippen molar-refractivity contribution in [2.24, 2.45) is 0 Å². The van der Waals surface area contributed by atoms with Crippen molar-refractivity contribution in [2.75, 3.05) is 18.4 Å². The number of pyridine rings is 1. The van der Waals surface area contributed by atoms with Crippen molar-refractivity contribution in [2.45, 2.75) is 52.5 Å². The maximum Gasteiger partial charge on any atom is 0.219 e. The normalized spacial score (nSPS) is 15.9.